The summed E-state index contributed by atoms with van der Waals surface area (Å²) in [5, 5.41) is 11.4. The van der Waals surface area contributed by atoms with Crippen molar-refractivity contribution < 1.29 is 14.7 Å². The van der Waals surface area contributed by atoms with Crippen LogP contribution < -0.4 is 5.32 Å². The molecule has 1 unspecified atom stereocenters. The minimum atomic E-state index is -1.12. The first-order valence-electron chi connectivity index (χ1n) is 5.45. The summed E-state index contributed by atoms with van der Waals surface area (Å²) in [6.45, 7) is 7.24. The van der Waals surface area contributed by atoms with Gasteiger partial charge in [-0.1, -0.05) is 6.07 Å². The largest absolute Gasteiger partial charge is 0.481 e. The van der Waals surface area contributed by atoms with E-state index >= 15 is 0 Å². The zero-order valence-electron chi connectivity index (χ0n) is 10.5. The van der Waals surface area contributed by atoms with Crippen LogP contribution in [0.2, 0.25) is 0 Å². The van der Waals surface area contributed by atoms with Crippen LogP contribution in [0.25, 0.3) is 0 Å². The number of anilines is 1. The van der Waals surface area contributed by atoms with E-state index in [1.165, 1.54) is 6.92 Å². The topological polar surface area (TPSA) is 66.4 Å². The van der Waals surface area contributed by atoms with Crippen molar-refractivity contribution in [3.63, 3.8) is 0 Å². The quantitative estimate of drug-likeness (QED) is 0.790. The van der Waals surface area contributed by atoms with Gasteiger partial charge in [0.15, 0.2) is 0 Å². The third-order valence-corrected chi connectivity index (χ3v) is 3.08. The summed E-state index contributed by atoms with van der Waals surface area (Å²) < 4.78 is 0. The molecular weight excluding hydrogens is 218 g/mol. The molecule has 1 amide bonds. The molecule has 0 radical (unpaired) electrons. The lowest BCUT2D eigenvalue weighted by molar-refractivity contribution is -0.144. The molecule has 0 aromatic heterocycles. The molecule has 0 saturated carbocycles. The minimum absolute atomic E-state index is 0.496. The van der Waals surface area contributed by atoms with Gasteiger partial charge in [0.1, 0.15) is 5.92 Å². The number of rotatable bonds is 3. The van der Waals surface area contributed by atoms with E-state index < -0.39 is 17.8 Å². The van der Waals surface area contributed by atoms with Gasteiger partial charge in [-0.3, -0.25) is 9.59 Å². The summed E-state index contributed by atoms with van der Waals surface area (Å²) >= 11 is 0. The molecule has 0 fully saturated rings. The Bertz CT molecular complexity index is 466. The van der Waals surface area contributed by atoms with Crippen molar-refractivity contribution >= 4 is 17.6 Å². The third kappa shape index (κ3) is 2.84. The van der Waals surface area contributed by atoms with Crippen LogP contribution >= 0.6 is 0 Å². The normalized spacial score (nSPS) is 12.0. The highest BCUT2D eigenvalue weighted by atomic mass is 16.4. The molecule has 0 aliphatic rings. The van der Waals surface area contributed by atoms with Gasteiger partial charge in [-0.2, -0.15) is 0 Å². The predicted octanol–water partition coefficient (Wildman–Crippen LogP) is 2.27. The van der Waals surface area contributed by atoms with Crippen molar-refractivity contribution in [2.75, 3.05) is 5.32 Å². The number of benzene rings is 1. The molecule has 0 saturated heterocycles. The fraction of sp³-hybridized carbons (Fsp3) is 0.385. The first-order valence-corrected chi connectivity index (χ1v) is 5.45. The monoisotopic (exact) mass is 235 g/mol. The van der Waals surface area contributed by atoms with Crippen LogP contribution in [0.1, 0.15) is 23.6 Å². The number of nitrogens with one attached hydrogen (secondary N) is 1. The Morgan fingerprint density at radius 3 is 2.29 bits per heavy atom. The fourth-order valence-electron chi connectivity index (χ4n) is 1.44. The second-order valence-corrected chi connectivity index (χ2v) is 4.23. The molecule has 0 heterocycles. The van der Waals surface area contributed by atoms with Crippen molar-refractivity contribution in [2.45, 2.75) is 27.7 Å². The Morgan fingerprint density at radius 2 is 1.76 bits per heavy atom. The molecule has 0 bridgehead atoms. The van der Waals surface area contributed by atoms with Crippen molar-refractivity contribution in [1.82, 2.24) is 0 Å². The highest BCUT2D eigenvalue weighted by Crippen LogP contribution is 2.22. The van der Waals surface area contributed by atoms with E-state index in [4.69, 9.17) is 5.11 Å². The number of hydrogen-bond donors (Lipinski definition) is 2. The average Bonchev–Trinajstić information content (AvgIpc) is 2.28. The van der Waals surface area contributed by atoms with Crippen molar-refractivity contribution in [2.24, 2.45) is 5.92 Å². The molecule has 1 atom stereocenters. The average molecular weight is 235 g/mol. The number of amides is 1. The van der Waals surface area contributed by atoms with E-state index in [2.05, 4.69) is 5.32 Å². The van der Waals surface area contributed by atoms with Crippen molar-refractivity contribution in [1.29, 1.82) is 0 Å². The SMILES string of the molecule is Cc1ccc(NC(=O)C(C)C(=O)O)c(C)c1C. The van der Waals surface area contributed by atoms with Crippen LogP contribution in [-0.4, -0.2) is 17.0 Å². The minimum Gasteiger partial charge on any atom is -0.481 e. The zero-order chi connectivity index (χ0) is 13.2. The highest BCUT2D eigenvalue weighted by Gasteiger charge is 2.21. The number of aryl methyl sites for hydroxylation is 1. The summed E-state index contributed by atoms with van der Waals surface area (Å²) in [6, 6.07) is 3.70. The molecular formula is C13H17NO3. The smallest absolute Gasteiger partial charge is 0.315 e. The van der Waals surface area contributed by atoms with Gasteiger partial charge in [0, 0.05) is 5.69 Å². The van der Waals surface area contributed by atoms with Gasteiger partial charge in [-0.05, 0) is 50.5 Å². The lowest BCUT2D eigenvalue weighted by atomic mass is 10.0. The van der Waals surface area contributed by atoms with Crippen LogP contribution in [0.15, 0.2) is 12.1 Å². The number of carbonyl (C=O) groups is 2. The Labute approximate surface area is 101 Å². The Hall–Kier alpha value is -1.84. The Balaban J connectivity index is 2.94. The summed E-state index contributed by atoms with van der Waals surface area (Å²) in [6.07, 6.45) is 0. The van der Waals surface area contributed by atoms with Gasteiger partial charge >= 0.3 is 5.97 Å². The van der Waals surface area contributed by atoms with Gasteiger partial charge in [-0.25, -0.2) is 0 Å². The molecule has 2 N–H and O–H groups in total. The number of carboxylic acids is 1. The summed E-state index contributed by atoms with van der Waals surface area (Å²) in [5.74, 6) is -2.66. The van der Waals surface area contributed by atoms with Gasteiger partial charge in [-0.15, -0.1) is 0 Å². The maximum absolute atomic E-state index is 11.6. The number of hydrogen-bond acceptors (Lipinski definition) is 2. The number of carbonyl (C=O) groups excluding carboxylic acids is 1. The molecule has 4 nitrogen and oxygen atoms in total. The second-order valence-electron chi connectivity index (χ2n) is 4.23. The molecule has 1 aromatic carbocycles. The molecule has 0 aliphatic carbocycles. The summed E-state index contributed by atoms with van der Waals surface area (Å²) in [7, 11) is 0. The lowest BCUT2D eigenvalue weighted by Crippen LogP contribution is -2.27. The highest BCUT2D eigenvalue weighted by molar-refractivity contribution is 6.04. The van der Waals surface area contributed by atoms with Crippen molar-refractivity contribution in [3.8, 4) is 0 Å². The molecule has 17 heavy (non-hydrogen) atoms. The molecule has 0 spiro atoms. The Morgan fingerprint density at radius 1 is 1.18 bits per heavy atom. The van der Waals surface area contributed by atoms with Crippen LogP contribution in [0.4, 0.5) is 5.69 Å². The first-order chi connectivity index (χ1) is 7.84. The zero-order valence-corrected chi connectivity index (χ0v) is 10.5. The first kappa shape index (κ1) is 13.2. The van der Waals surface area contributed by atoms with E-state index in [1.807, 2.05) is 26.8 Å². The van der Waals surface area contributed by atoms with E-state index in [1.54, 1.807) is 6.07 Å². The maximum Gasteiger partial charge on any atom is 0.315 e. The van der Waals surface area contributed by atoms with E-state index in [-0.39, 0.29) is 0 Å². The van der Waals surface area contributed by atoms with Crippen molar-refractivity contribution in [3.05, 3.63) is 28.8 Å². The third-order valence-electron chi connectivity index (χ3n) is 3.08. The van der Waals surface area contributed by atoms with Crippen LogP contribution in [0, 0.1) is 26.7 Å². The lowest BCUT2D eigenvalue weighted by Gasteiger charge is -2.13. The van der Waals surface area contributed by atoms with E-state index in [0.717, 1.165) is 16.7 Å². The number of carboxylic acid groups (broad SMARTS) is 1. The maximum atomic E-state index is 11.6. The molecule has 0 aliphatic heterocycles. The summed E-state index contributed by atoms with van der Waals surface area (Å²) in [5.41, 5.74) is 3.89. The molecule has 92 valence electrons. The number of aliphatic carboxylic acids is 1. The fourth-order valence-corrected chi connectivity index (χ4v) is 1.44. The van der Waals surface area contributed by atoms with Gasteiger partial charge in [0.25, 0.3) is 0 Å². The molecule has 1 rings (SSSR count). The van der Waals surface area contributed by atoms with Crippen LogP contribution in [-0.2, 0) is 9.59 Å². The van der Waals surface area contributed by atoms with E-state index in [9.17, 15) is 9.59 Å². The van der Waals surface area contributed by atoms with Gasteiger partial charge in [0.2, 0.25) is 5.91 Å². The molecule has 1 aromatic rings. The standard InChI is InChI=1S/C13H17NO3/c1-7-5-6-11(9(3)8(7)2)14-12(15)10(4)13(16)17/h5-6,10H,1-4H3,(H,14,15)(H,16,17). The van der Waals surface area contributed by atoms with Crippen LogP contribution in [0.3, 0.4) is 0 Å². The Kier molecular flexibility index (Phi) is 3.89. The van der Waals surface area contributed by atoms with E-state index in [0.29, 0.717) is 5.69 Å². The van der Waals surface area contributed by atoms with Crippen LogP contribution in [0.5, 0.6) is 0 Å². The molecule has 4 heteroatoms. The van der Waals surface area contributed by atoms with Gasteiger partial charge in [0.05, 0.1) is 0 Å². The van der Waals surface area contributed by atoms with Gasteiger partial charge < -0.3 is 10.4 Å². The predicted molar refractivity (Wildman–Crippen MR) is 66.1 cm³/mol. The second kappa shape index (κ2) is 4.99. The summed E-state index contributed by atoms with van der Waals surface area (Å²) in [4.78, 5) is 22.3.